The summed E-state index contributed by atoms with van der Waals surface area (Å²) in [5.74, 6) is 0.529. The number of hydrogen-bond donors (Lipinski definition) is 0. The molecule has 1 atom stereocenters. The second-order valence-corrected chi connectivity index (χ2v) is 10.9. The third-order valence-corrected chi connectivity index (χ3v) is 6.57. The molecule has 0 bridgehead atoms. The van der Waals surface area contributed by atoms with Crippen LogP contribution >= 0.6 is 22.6 Å². The Morgan fingerprint density at radius 1 is 1.24 bits per heavy atom. The molecule has 0 saturated heterocycles. The molecule has 1 aromatic carbocycles. The number of pyridine rings is 1. The normalized spacial score (nSPS) is 13.7. The Labute approximate surface area is 186 Å². The van der Waals surface area contributed by atoms with Crippen molar-refractivity contribution < 1.29 is 4.21 Å². The van der Waals surface area contributed by atoms with Gasteiger partial charge in [-0.3, -0.25) is 9.36 Å². The third-order valence-electron chi connectivity index (χ3n) is 4.44. The van der Waals surface area contributed by atoms with Crippen LogP contribution in [0.3, 0.4) is 0 Å². The molecule has 0 aliphatic carbocycles. The molecular weight excluding hydrogens is 499 g/mol. The van der Waals surface area contributed by atoms with Gasteiger partial charge >= 0.3 is 0 Å². The van der Waals surface area contributed by atoms with E-state index in [0.717, 1.165) is 20.4 Å². The number of rotatable bonds is 3. The number of halogens is 1. The lowest BCUT2D eigenvalue weighted by atomic mass is 10.0. The fourth-order valence-electron chi connectivity index (χ4n) is 2.87. The van der Waals surface area contributed by atoms with Crippen LogP contribution in [0.2, 0.25) is 0 Å². The van der Waals surface area contributed by atoms with E-state index in [1.807, 2.05) is 58.9 Å². The number of nitrogens with zero attached hydrogens (tertiary/aromatic N) is 4. The predicted molar refractivity (Wildman–Crippen MR) is 128 cm³/mol. The quantitative estimate of drug-likeness (QED) is 0.294. The van der Waals surface area contributed by atoms with Crippen LogP contribution in [-0.4, -0.2) is 29.2 Å². The zero-order valence-corrected chi connectivity index (χ0v) is 20.3. The first-order valence-electron chi connectivity index (χ1n) is 9.10. The standard InChI is InChI=1S/C21H23IN4O2S/c1-12-9-15(13(2)25-29(28)21(3,4)5)18-16(10-12)20(27)26(6)19(24-18)14-7-8-17(22)23-11-14/h7-11H,1-6H3/b25-13-. The zero-order chi connectivity index (χ0) is 21.5. The lowest BCUT2D eigenvalue weighted by molar-refractivity contribution is 0.650. The van der Waals surface area contributed by atoms with Crippen molar-refractivity contribution in [1.29, 1.82) is 0 Å². The number of fused-ring (bicyclic) bond motifs is 1. The summed E-state index contributed by atoms with van der Waals surface area (Å²) < 4.78 is 18.9. The Morgan fingerprint density at radius 2 is 1.93 bits per heavy atom. The monoisotopic (exact) mass is 522 g/mol. The minimum atomic E-state index is -1.41. The molecule has 29 heavy (non-hydrogen) atoms. The molecule has 6 nitrogen and oxygen atoms in total. The van der Waals surface area contributed by atoms with Gasteiger partial charge in [0, 0.05) is 24.4 Å². The summed E-state index contributed by atoms with van der Waals surface area (Å²) in [5, 5.41) is 0.515. The van der Waals surface area contributed by atoms with Gasteiger partial charge in [0.2, 0.25) is 0 Å². The van der Waals surface area contributed by atoms with Crippen LogP contribution in [0.15, 0.2) is 39.7 Å². The maximum atomic E-state index is 13.1. The van der Waals surface area contributed by atoms with E-state index >= 15 is 0 Å². The minimum Gasteiger partial charge on any atom is -0.295 e. The number of aryl methyl sites for hydroxylation is 1. The SMILES string of the molecule is C/C(=N/S(=O)C(C)(C)C)c1cc(C)cc2c(=O)n(C)c(-c3ccc(I)nc3)nc12. The van der Waals surface area contributed by atoms with Gasteiger partial charge in [-0.25, -0.2) is 14.2 Å². The van der Waals surface area contributed by atoms with E-state index in [9.17, 15) is 9.00 Å². The van der Waals surface area contributed by atoms with Crippen molar-refractivity contribution in [3.8, 4) is 11.4 Å². The molecule has 0 saturated carbocycles. The van der Waals surface area contributed by atoms with Gasteiger partial charge in [0.25, 0.3) is 5.56 Å². The van der Waals surface area contributed by atoms with E-state index < -0.39 is 15.7 Å². The third kappa shape index (κ3) is 4.48. The summed E-state index contributed by atoms with van der Waals surface area (Å²) in [6.07, 6.45) is 1.71. The van der Waals surface area contributed by atoms with Crippen molar-refractivity contribution in [2.45, 2.75) is 39.4 Å². The molecule has 3 aromatic rings. The van der Waals surface area contributed by atoms with Gasteiger partial charge in [-0.1, -0.05) is 0 Å². The van der Waals surface area contributed by atoms with Gasteiger partial charge < -0.3 is 0 Å². The van der Waals surface area contributed by atoms with Gasteiger partial charge in [-0.15, -0.1) is 0 Å². The molecule has 0 amide bonds. The summed E-state index contributed by atoms with van der Waals surface area (Å²) in [6.45, 7) is 9.37. The predicted octanol–water partition coefficient (Wildman–Crippen LogP) is 4.18. The summed E-state index contributed by atoms with van der Waals surface area (Å²) in [7, 11) is 0.303. The highest BCUT2D eigenvalue weighted by Crippen LogP contribution is 2.23. The lowest BCUT2D eigenvalue weighted by Gasteiger charge is -2.15. The van der Waals surface area contributed by atoms with Crippen LogP contribution in [0.4, 0.5) is 0 Å². The van der Waals surface area contributed by atoms with E-state index in [2.05, 4.69) is 32.0 Å². The van der Waals surface area contributed by atoms with Crippen LogP contribution in [0.5, 0.6) is 0 Å². The first-order chi connectivity index (χ1) is 13.5. The molecule has 2 aromatic heterocycles. The average molecular weight is 522 g/mol. The van der Waals surface area contributed by atoms with E-state index in [1.54, 1.807) is 13.2 Å². The van der Waals surface area contributed by atoms with Gasteiger partial charge in [-0.2, -0.15) is 4.40 Å². The van der Waals surface area contributed by atoms with Crippen molar-refractivity contribution in [1.82, 2.24) is 14.5 Å². The molecule has 0 spiro atoms. The molecule has 0 aliphatic heterocycles. The second kappa shape index (κ2) is 8.06. The van der Waals surface area contributed by atoms with E-state index in [4.69, 9.17) is 4.98 Å². The summed E-state index contributed by atoms with van der Waals surface area (Å²) in [5.41, 5.74) is 3.41. The number of hydrogen-bond acceptors (Lipinski definition) is 4. The van der Waals surface area contributed by atoms with Crippen LogP contribution in [0, 0.1) is 10.6 Å². The van der Waals surface area contributed by atoms with Crippen molar-refractivity contribution in [3.05, 3.63) is 55.6 Å². The van der Waals surface area contributed by atoms with Crippen molar-refractivity contribution in [2.24, 2.45) is 11.4 Å². The molecule has 0 aliphatic rings. The van der Waals surface area contributed by atoms with Gasteiger partial charge in [0.1, 0.15) is 20.5 Å². The Morgan fingerprint density at radius 3 is 2.52 bits per heavy atom. The fourth-order valence-corrected chi connectivity index (χ4v) is 3.81. The topological polar surface area (TPSA) is 77.2 Å². The summed E-state index contributed by atoms with van der Waals surface area (Å²) in [4.78, 5) is 22.2. The van der Waals surface area contributed by atoms with Crippen molar-refractivity contribution in [3.63, 3.8) is 0 Å². The highest BCUT2D eigenvalue weighted by molar-refractivity contribution is 14.1. The van der Waals surface area contributed by atoms with Gasteiger partial charge in [0.15, 0.2) is 0 Å². The van der Waals surface area contributed by atoms with E-state index in [0.29, 0.717) is 22.4 Å². The minimum absolute atomic E-state index is 0.141. The maximum absolute atomic E-state index is 13.1. The van der Waals surface area contributed by atoms with Crippen molar-refractivity contribution in [2.75, 3.05) is 0 Å². The zero-order valence-electron chi connectivity index (χ0n) is 17.3. The van der Waals surface area contributed by atoms with Crippen molar-refractivity contribution >= 4 is 50.2 Å². The second-order valence-electron chi connectivity index (χ2n) is 7.92. The van der Waals surface area contributed by atoms with Crippen LogP contribution < -0.4 is 5.56 Å². The molecule has 152 valence electrons. The number of aromatic nitrogens is 3. The molecule has 8 heteroatoms. The highest BCUT2D eigenvalue weighted by Gasteiger charge is 2.21. The Kier molecular flexibility index (Phi) is 6.05. The van der Waals surface area contributed by atoms with E-state index in [-0.39, 0.29) is 5.56 Å². The fraction of sp³-hybridized carbons (Fsp3) is 0.333. The number of benzene rings is 1. The van der Waals surface area contributed by atoms with Gasteiger partial charge in [0.05, 0.1) is 21.4 Å². The Hall–Kier alpha value is -1.94. The van der Waals surface area contributed by atoms with Gasteiger partial charge in [-0.05, 0) is 87.0 Å². The molecular formula is C21H23IN4O2S. The first-order valence-corrected chi connectivity index (χ1v) is 11.3. The average Bonchev–Trinajstić information content (AvgIpc) is 2.64. The molecule has 0 N–H and O–H groups in total. The molecule has 1 unspecified atom stereocenters. The summed E-state index contributed by atoms with van der Waals surface area (Å²) >= 11 is 2.14. The maximum Gasteiger partial charge on any atom is 0.261 e. The largest absolute Gasteiger partial charge is 0.295 e. The van der Waals surface area contributed by atoms with Crippen LogP contribution in [0.25, 0.3) is 22.3 Å². The Balaban J connectivity index is 2.32. The molecule has 0 fully saturated rings. The molecule has 0 radical (unpaired) electrons. The van der Waals surface area contributed by atoms with E-state index in [1.165, 1.54) is 4.57 Å². The smallest absolute Gasteiger partial charge is 0.261 e. The highest BCUT2D eigenvalue weighted by atomic mass is 127. The molecule has 3 rings (SSSR count). The van der Waals surface area contributed by atoms with Crippen LogP contribution in [0.1, 0.15) is 38.8 Å². The Bertz CT molecular complexity index is 1210. The van der Waals surface area contributed by atoms with Crippen LogP contribution in [-0.2, 0) is 18.0 Å². The molecule has 2 heterocycles. The lowest BCUT2D eigenvalue weighted by Crippen LogP contribution is -2.22. The first kappa shape index (κ1) is 21.8. The summed E-state index contributed by atoms with van der Waals surface area (Å²) in [6, 6.07) is 7.54.